The highest BCUT2D eigenvalue weighted by Crippen LogP contribution is 2.31. The van der Waals surface area contributed by atoms with Crippen LogP contribution >= 0.6 is 11.3 Å². The Morgan fingerprint density at radius 1 is 1.11 bits per heavy atom. The van der Waals surface area contributed by atoms with E-state index in [9.17, 15) is 0 Å². The number of hydrogen-bond donors (Lipinski definition) is 0. The third-order valence-electron chi connectivity index (χ3n) is 3.19. The van der Waals surface area contributed by atoms with E-state index in [1.807, 2.05) is 29.6 Å². The quantitative estimate of drug-likeness (QED) is 0.531. The molecule has 0 saturated carbocycles. The molecule has 0 radical (unpaired) electrons. The molecule has 4 aromatic rings. The van der Waals surface area contributed by atoms with Gasteiger partial charge in [-0.15, -0.1) is 0 Å². The molecule has 19 heavy (non-hydrogen) atoms. The number of fused-ring (bicyclic) bond motifs is 2. The summed E-state index contributed by atoms with van der Waals surface area (Å²) in [5.74, 6) is 0. The Morgan fingerprint density at radius 3 is 2.89 bits per heavy atom. The van der Waals surface area contributed by atoms with Crippen LogP contribution in [0.25, 0.3) is 26.4 Å². The molecule has 0 aliphatic rings. The molecule has 92 valence electrons. The van der Waals surface area contributed by atoms with E-state index in [2.05, 4.69) is 28.3 Å². The number of rotatable bonds is 1. The number of nitrogens with zero attached hydrogens (tertiary/aromatic N) is 4. The first-order valence-corrected chi connectivity index (χ1v) is 6.80. The topological polar surface area (TPSA) is 43.1 Å². The fourth-order valence-corrected chi connectivity index (χ4v) is 3.23. The summed E-state index contributed by atoms with van der Waals surface area (Å²) >= 11 is 1.62. The number of pyridine rings is 1. The first kappa shape index (κ1) is 10.6. The zero-order chi connectivity index (χ0) is 12.8. The maximum atomic E-state index is 4.72. The summed E-state index contributed by atoms with van der Waals surface area (Å²) in [5, 5.41) is 5.37. The van der Waals surface area contributed by atoms with Crippen LogP contribution < -0.4 is 0 Å². The molecular formula is C14H10N4S. The average molecular weight is 266 g/mol. The van der Waals surface area contributed by atoms with Crippen LogP contribution in [0.4, 0.5) is 0 Å². The van der Waals surface area contributed by atoms with Crippen LogP contribution in [0.1, 0.15) is 5.69 Å². The highest BCUT2D eigenvalue weighted by molar-refractivity contribution is 7.20. The van der Waals surface area contributed by atoms with Crippen molar-refractivity contribution < 1.29 is 0 Å². The molecule has 1 aromatic carbocycles. The smallest absolute Gasteiger partial charge is 0.212 e. The lowest BCUT2D eigenvalue weighted by molar-refractivity contribution is 0.933. The lowest BCUT2D eigenvalue weighted by atomic mass is 10.2. The third-order valence-corrected chi connectivity index (χ3v) is 4.36. The number of thiazole rings is 1. The van der Waals surface area contributed by atoms with Crippen LogP contribution in [0, 0.1) is 6.92 Å². The normalized spacial score (nSPS) is 11.4. The van der Waals surface area contributed by atoms with E-state index in [1.165, 1.54) is 0 Å². The summed E-state index contributed by atoms with van der Waals surface area (Å²) < 4.78 is 1.86. The first-order chi connectivity index (χ1) is 9.33. The molecule has 0 amide bonds. The van der Waals surface area contributed by atoms with Gasteiger partial charge in [0.25, 0.3) is 0 Å². The zero-order valence-corrected chi connectivity index (χ0v) is 11.1. The van der Waals surface area contributed by atoms with Gasteiger partial charge in [0.2, 0.25) is 4.96 Å². The van der Waals surface area contributed by atoms with E-state index >= 15 is 0 Å². The lowest BCUT2D eigenvalue weighted by Gasteiger charge is -2.01. The van der Waals surface area contributed by atoms with Gasteiger partial charge in [-0.05, 0) is 19.1 Å². The minimum Gasteiger partial charge on any atom is -0.247 e. The van der Waals surface area contributed by atoms with E-state index in [-0.39, 0.29) is 0 Å². The maximum Gasteiger partial charge on any atom is 0.212 e. The third kappa shape index (κ3) is 1.55. The Balaban J connectivity index is 1.98. The second-order valence-electron chi connectivity index (χ2n) is 4.36. The molecule has 4 rings (SSSR count). The average Bonchev–Trinajstić information content (AvgIpc) is 3.02. The highest BCUT2D eigenvalue weighted by Gasteiger charge is 2.13. The lowest BCUT2D eigenvalue weighted by Crippen LogP contribution is -1.89. The SMILES string of the molecule is Cc1c(-c2ccc3ccccc3n2)sc2ncnn12. The molecular weight excluding hydrogens is 256 g/mol. The minimum absolute atomic E-state index is 0.905. The predicted octanol–water partition coefficient (Wildman–Crippen LogP) is 3.31. The van der Waals surface area contributed by atoms with E-state index in [0.717, 1.165) is 32.1 Å². The number of benzene rings is 1. The second-order valence-corrected chi connectivity index (χ2v) is 5.34. The molecule has 4 nitrogen and oxygen atoms in total. The monoisotopic (exact) mass is 266 g/mol. The molecule has 0 atom stereocenters. The molecule has 0 aliphatic carbocycles. The van der Waals surface area contributed by atoms with Crippen molar-refractivity contribution in [1.29, 1.82) is 0 Å². The molecule has 0 spiro atoms. The van der Waals surface area contributed by atoms with Crippen LogP contribution in [-0.2, 0) is 0 Å². The minimum atomic E-state index is 0.905. The molecule has 3 aromatic heterocycles. The van der Waals surface area contributed by atoms with Crippen molar-refractivity contribution in [2.75, 3.05) is 0 Å². The van der Waals surface area contributed by atoms with Crippen LogP contribution in [0.15, 0.2) is 42.7 Å². The second kappa shape index (κ2) is 3.86. The van der Waals surface area contributed by atoms with Crippen molar-refractivity contribution >= 4 is 27.2 Å². The van der Waals surface area contributed by atoms with Gasteiger partial charge in [0.1, 0.15) is 6.33 Å². The summed E-state index contributed by atoms with van der Waals surface area (Å²) in [5.41, 5.74) is 3.08. The predicted molar refractivity (Wildman–Crippen MR) is 76.3 cm³/mol. The number of hydrogen-bond acceptors (Lipinski definition) is 4. The van der Waals surface area contributed by atoms with Crippen LogP contribution in [0.3, 0.4) is 0 Å². The maximum absolute atomic E-state index is 4.72. The van der Waals surface area contributed by atoms with Crippen molar-refractivity contribution in [3.8, 4) is 10.6 Å². The van der Waals surface area contributed by atoms with Crippen LogP contribution in [-0.4, -0.2) is 19.6 Å². The van der Waals surface area contributed by atoms with Gasteiger partial charge in [-0.3, -0.25) is 0 Å². The number of aryl methyl sites for hydroxylation is 1. The molecule has 0 unspecified atom stereocenters. The van der Waals surface area contributed by atoms with E-state index < -0.39 is 0 Å². The largest absolute Gasteiger partial charge is 0.247 e. The summed E-state index contributed by atoms with van der Waals surface area (Å²) in [6.07, 6.45) is 1.58. The summed E-state index contributed by atoms with van der Waals surface area (Å²) in [6.45, 7) is 2.05. The fourth-order valence-electron chi connectivity index (χ4n) is 2.22. The summed E-state index contributed by atoms with van der Waals surface area (Å²) in [4.78, 5) is 11.0. The molecule has 0 N–H and O–H groups in total. The molecule has 0 fully saturated rings. The molecule has 0 aliphatic heterocycles. The van der Waals surface area contributed by atoms with Gasteiger partial charge >= 0.3 is 0 Å². The summed E-state index contributed by atoms with van der Waals surface area (Å²) in [6, 6.07) is 12.3. The molecule has 0 bridgehead atoms. The van der Waals surface area contributed by atoms with Crippen molar-refractivity contribution in [1.82, 2.24) is 19.6 Å². The number of aromatic nitrogens is 4. The summed E-state index contributed by atoms with van der Waals surface area (Å²) in [7, 11) is 0. The Bertz CT molecular complexity index is 891. The molecule has 0 saturated heterocycles. The first-order valence-electron chi connectivity index (χ1n) is 5.98. The van der Waals surface area contributed by atoms with E-state index in [1.54, 1.807) is 17.7 Å². The standard InChI is InChI=1S/C14H10N4S/c1-9-13(19-14-15-8-16-18(9)14)12-7-6-10-4-2-3-5-11(10)17-12/h2-8H,1H3. The van der Waals surface area contributed by atoms with Crippen molar-refractivity contribution in [3.05, 3.63) is 48.4 Å². The van der Waals surface area contributed by atoms with Gasteiger partial charge in [-0.2, -0.15) is 5.10 Å². The Morgan fingerprint density at radius 2 is 2.00 bits per heavy atom. The van der Waals surface area contributed by atoms with Crippen LogP contribution in [0.2, 0.25) is 0 Å². The van der Waals surface area contributed by atoms with Gasteiger partial charge in [-0.1, -0.05) is 35.6 Å². The molecule has 3 heterocycles. The van der Waals surface area contributed by atoms with Crippen molar-refractivity contribution in [2.24, 2.45) is 0 Å². The van der Waals surface area contributed by atoms with Gasteiger partial charge in [0.15, 0.2) is 0 Å². The highest BCUT2D eigenvalue weighted by atomic mass is 32.1. The number of para-hydroxylation sites is 1. The Kier molecular flexibility index (Phi) is 2.16. The van der Waals surface area contributed by atoms with Crippen LogP contribution in [0.5, 0.6) is 0 Å². The Hall–Kier alpha value is -2.27. The Labute approximate surface area is 113 Å². The fraction of sp³-hybridized carbons (Fsp3) is 0.0714. The van der Waals surface area contributed by atoms with E-state index in [4.69, 9.17) is 4.98 Å². The van der Waals surface area contributed by atoms with Gasteiger partial charge in [0, 0.05) is 5.39 Å². The van der Waals surface area contributed by atoms with Gasteiger partial charge in [0.05, 0.1) is 21.8 Å². The van der Waals surface area contributed by atoms with Gasteiger partial charge in [-0.25, -0.2) is 14.5 Å². The van der Waals surface area contributed by atoms with E-state index in [0.29, 0.717) is 0 Å². The zero-order valence-electron chi connectivity index (χ0n) is 10.2. The van der Waals surface area contributed by atoms with Crippen molar-refractivity contribution in [3.63, 3.8) is 0 Å². The van der Waals surface area contributed by atoms with Gasteiger partial charge < -0.3 is 0 Å². The van der Waals surface area contributed by atoms with Crippen molar-refractivity contribution in [2.45, 2.75) is 6.92 Å². The molecule has 5 heteroatoms.